The Morgan fingerprint density at radius 2 is 1.93 bits per heavy atom. The third-order valence-electron chi connectivity index (χ3n) is 8.56. The Kier molecular flexibility index (Phi) is 8.15. The van der Waals surface area contributed by atoms with E-state index in [0.717, 1.165) is 63.8 Å². The predicted octanol–water partition coefficient (Wildman–Crippen LogP) is 6.03. The van der Waals surface area contributed by atoms with Crippen molar-refractivity contribution >= 4 is 44.1 Å². The van der Waals surface area contributed by atoms with Gasteiger partial charge in [-0.2, -0.15) is 18.4 Å². The number of halogens is 4. The van der Waals surface area contributed by atoms with Crippen LogP contribution in [0.1, 0.15) is 31.6 Å². The van der Waals surface area contributed by atoms with Gasteiger partial charge >= 0.3 is 6.18 Å². The summed E-state index contributed by atoms with van der Waals surface area (Å²) in [5.41, 5.74) is 1.62. The molecule has 0 radical (unpaired) electrons. The molecular weight excluding hydrogens is 613 g/mol. The van der Waals surface area contributed by atoms with Crippen LogP contribution in [0.25, 0.3) is 32.2 Å². The maximum Gasteiger partial charge on any atom is 0.417 e. The first-order chi connectivity index (χ1) is 20.9. The van der Waals surface area contributed by atoms with Crippen LogP contribution in [-0.4, -0.2) is 67.5 Å². The molecule has 5 heterocycles. The quantitative estimate of drug-likeness (QED) is 0.236. The van der Waals surface area contributed by atoms with Gasteiger partial charge in [-0.1, -0.05) is 11.6 Å². The molecule has 2 aliphatic rings. The molecule has 0 saturated carbocycles. The highest BCUT2D eigenvalue weighted by molar-refractivity contribution is 7.19. The Labute approximate surface area is 261 Å². The van der Waals surface area contributed by atoms with Gasteiger partial charge in [-0.3, -0.25) is 4.98 Å². The van der Waals surface area contributed by atoms with Crippen LogP contribution in [0, 0.1) is 16.7 Å². The number of thiophene rings is 1. The lowest BCUT2D eigenvalue weighted by Gasteiger charge is -2.45. The van der Waals surface area contributed by atoms with E-state index in [1.807, 2.05) is 30.5 Å². The molecule has 1 saturated heterocycles. The van der Waals surface area contributed by atoms with Crippen molar-refractivity contribution in [1.29, 1.82) is 5.26 Å². The summed E-state index contributed by atoms with van der Waals surface area (Å²) in [5.74, 6) is 0. The molecule has 3 N–H and O–H groups in total. The monoisotopic (exact) mass is 644 g/mol. The lowest BCUT2D eigenvalue weighted by molar-refractivity contribution is -0.199. The number of benzene rings is 1. The second kappa shape index (κ2) is 11.6. The van der Waals surface area contributed by atoms with Crippen LogP contribution < -0.4 is 5.32 Å². The molecule has 8 nitrogen and oxygen atoms in total. The maximum absolute atomic E-state index is 13.8. The van der Waals surface area contributed by atoms with E-state index in [-0.39, 0.29) is 6.54 Å². The smallest absolute Gasteiger partial charge is 0.374 e. The lowest BCUT2D eigenvalue weighted by atomic mass is 9.80. The molecule has 2 aliphatic heterocycles. The van der Waals surface area contributed by atoms with E-state index in [1.54, 1.807) is 26.1 Å². The van der Waals surface area contributed by atoms with Crippen LogP contribution in [-0.2, 0) is 13.1 Å². The summed E-state index contributed by atoms with van der Waals surface area (Å²) in [6.45, 7) is 5.29. The molecule has 13 heteroatoms. The summed E-state index contributed by atoms with van der Waals surface area (Å²) in [4.78, 5) is 7.35. The molecule has 1 fully saturated rings. The van der Waals surface area contributed by atoms with E-state index in [1.165, 1.54) is 16.2 Å². The summed E-state index contributed by atoms with van der Waals surface area (Å²) in [6, 6.07) is 11.5. The number of aliphatic hydroxyl groups excluding tert-OH is 2. The van der Waals surface area contributed by atoms with Gasteiger partial charge in [0.1, 0.15) is 6.23 Å². The molecule has 0 aliphatic carbocycles. The largest absolute Gasteiger partial charge is 0.417 e. The minimum absolute atomic E-state index is 0.139. The van der Waals surface area contributed by atoms with Gasteiger partial charge < -0.3 is 25.0 Å². The van der Waals surface area contributed by atoms with Crippen LogP contribution in [0.4, 0.5) is 13.2 Å². The number of alkyl halides is 3. The molecule has 44 heavy (non-hydrogen) atoms. The molecule has 3 aromatic heterocycles. The minimum atomic E-state index is -4.77. The Balaban J connectivity index is 1.41. The number of nitriles is 1. The maximum atomic E-state index is 13.8. The van der Waals surface area contributed by atoms with E-state index in [9.17, 15) is 28.6 Å². The Morgan fingerprint density at radius 3 is 2.61 bits per heavy atom. The van der Waals surface area contributed by atoms with Gasteiger partial charge in [-0.05, 0) is 70.1 Å². The number of pyridine rings is 1. The van der Waals surface area contributed by atoms with E-state index in [2.05, 4.69) is 20.9 Å². The highest BCUT2D eigenvalue weighted by Gasteiger charge is 2.47. The number of aliphatic hydroxyl groups is 2. The third-order valence-corrected chi connectivity index (χ3v) is 9.92. The molecule has 0 amide bonds. The molecular formula is C31H32ClF3N6O2S. The highest BCUT2D eigenvalue weighted by atomic mass is 35.5. The van der Waals surface area contributed by atoms with Gasteiger partial charge in [0.25, 0.3) is 0 Å². The van der Waals surface area contributed by atoms with Gasteiger partial charge in [0.05, 0.1) is 32.8 Å². The number of piperidine rings is 1. The SMILES string of the molecule is CC(C)N1C=C(C(F)(F)F)C(O)N(Cc2cc3nccc(-c4cc(Cl)cc5ccn(CC6(C#N)CCNCC6)c45)c3s2)C1O. The van der Waals surface area contributed by atoms with Crippen molar-refractivity contribution in [2.45, 2.75) is 64.6 Å². The molecule has 1 aromatic carbocycles. The fourth-order valence-corrected chi connectivity index (χ4v) is 7.59. The minimum Gasteiger partial charge on any atom is -0.374 e. The molecule has 6 rings (SSSR count). The van der Waals surface area contributed by atoms with Crippen molar-refractivity contribution in [3.05, 3.63) is 64.4 Å². The first-order valence-electron chi connectivity index (χ1n) is 14.4. The van der Waals surface area contributed by atoms with Crippen molar-refractivity contribution in [2.24, 2.45) is 5.41 Å². The van der Waals surface area contributed by atoms with Crippen molar-refractivity contribution in [3.63, 3.8) is 0 Å². The van der Waals surface area contributed by atoms with Crippen molar-refractivity contribution in [1.82, 2.24) is 24.7 Å². The number of nitrogens with one attached hydrogen (secondary N) is 1. The van der Waals surface area contributed by atoms with Gasteiger partial charge in [0, 0.05) is 64.1 Å². The zero-order valence-corrected chi connectivity index (χ0v) is 25.7. The van der Waals surface area contributed by atoms with Gasteiger partial charge in [0.2, 0.25) is 0 Å². The predicted molar refractivity (Wildman–Crippen MR) is 164 cm³/mol. The van der Waals surface area contributed by atoms with Gasteiger partial charge in [-0.15, -0.1) is 11.3 Å². The van der Waals surface area contributed by atoms with Gasteiger partial charge in [-0.25, -0.2) is 4.90 Å². The molecule has 2 atom stereocenters. The fraction of sp³-hybridized carbons (Fsp3) is 0.419. The Hall–Kier alpha value is -3.18. The third kappa shape index (κ3) is 5.57. The van der Waals surface area contributed by atoms with Crippen LogP contribution in [0.15, 0.2) is 54.5 Å². The van der Waals surface area contributed by atoms with E-state index in [4.69, 9.17) is 11.6 Å². The summed E-state index contributed by atoms with van der Waals surface area (Å²) in [5, 5.41) is 36.7. The molecule has 0 bridgehead atoms. The zero-order chi connectivity index (χ0) is 31.4. The topological polar surface area (TPSA) is 101 Å². The lowest BCUT2D eigenvalue weighted by Crippen LogP contribution is -2.58. The number of hydrogen-bond donors (Lipinski definition) is 3. The molecule has 2 unspecified atom stereocenters. The first kappa shape index (κ1) is 30.8. The van der Waals surface area contributed by atoms with E-state index in [0.29, 0.717) is 22.0 Å². The Morgan fingerprint density at radius 1 is 1.18 bits per heavy atom. The number of aromatic nitrogens is 2. The van der Waals surface area contributed by atoms with Crippen LogP contribution in [0.5, 0.6) is 0 Å². The van der Waals surface area contributed by atoms with Crippen molar-refractivity contribution in [2.75, 3.05) is 13.1 Å². The number of fused-ring (bicyclic) bond motifs is 2. The first-order valence-corrected chi connectivity index (χ1v) is 15.6. The average molecular weight is 645 g/mol. The van der Waals surface area contributed by atoms with Crippen LogP contribution >= 0.6 is 22.9 Å². The standard InChI is InChI=1S/C31H32ClF3N6O2S/c1-18(2)40-15-24(31(33,34)35)28(42)41(29(40)43)14-21-13-25-27(44-21)22(3-7-38-25)23-12-20(32)11-19-4-10-39(26(19)23)17-30(16-36)5-8-37-9-6-30/h3-4,7,10-13,15,18,28-29,37,42-43H,5-6,8-9,14,17H2,1-2H3. The average Bonchev–Trinajstić information content (AvgIpc) is 3.57. The second-order valence-electron chi connectivity index (χ2n) is 11.8. The summed E-state index contributed by atoms with van der Waals surface area (Å²) >= 11 is 7.93. The van der Waals surface area contributed by atoms with E-state index >= 15 is 0 Å². The second-order valence-corrected chi connectivity index (χ2v) is 13.4. The van der Waals surface area contributed by atoms with Crippen molar-refractivity contribution < 1.29 is 23.4 Å². The van der Waals surface area contributed by atoms with E-state index < -0.39 is 35.8 Å². The fourth-order valence-electron chi connectivity index (χ4n) is 6.22. The molecule has 0 spiro atoms. The van der Waals surface area contributed by atoms with Crippen molar-refractivity contribution in [3.8, 4) is 17.2 Å². The normalized spacial score (nSPS) is 21.3. The van der Waals surface area contributed by atoms with Gasteiger partial charge in [0.15, 0.2) is 6.35 Å². The number of rotatable bonds is 6. The highest BCUT2D eigenvalue weighted by Crippen LogP contribution is 2.42. The van der Waals surface area contributed by atoms with Crippen LogP contribution in [0.2, 0.25) is 5.02 Å². The molecule has 232 valence electrons. The summed E-state index contributed by atoms with van der Waals surface area (Å²) in [6.07, 6.45) is -2.35. The van der Waals surface area contributed by atoms with Crippen LogP contribution in [0.3, 0.4) is 0 Å². The zero-order valence-electron chi connectivity index (χ0n) is 24.1. The number of hydrogen-bond acceptors (Lipinski definition) is 8. The summed E-state index contributed by atoms with van der Waals surface area (Å²) < 4.78 is 44.4. The Bertz CT molecular complexity index is 1770. The molecule has 4 aromatic rings. The summed E-state index contributed by atoms with van der Waals surface area (Å²) in [7, 11) is 0. The number of nitrogens with zero attached hydrogens (tertiary/aromatic N) is 5.